The van der Waals surface area contributed by atoms with Gasteiger partial charge in [-0.05, 0) is 33.6 Å². The largest absolute Gasteiger partial charge is 0.444 e. The quantitative estimate of drug-likeness (QED) is 0.609. The second kappa shape index (κ2) is 7.10. The Labute approximate surface area is 116 Å². The molecule has 0 unspecified atom stereocenters. The summed E-state index contributed by atoms with van der Waals surface area (Å²) in [5.74, 6) is 5.26. The van der Waals surface area contributed by atoms with Crippen molar-refractivity contribution >= 4 is 6.09 Å². The summed E-state index contributed by atoms with van der Waals surface area (Å²) in [6, 6.07) is 0. The van der Waals surface area contributed by atoms with Crippen molar-refractivity contribution in [2.75, 3.05) is 13.2 Å². The van der Waals surface area contributed by atoms with Gasteiger partial charge in [0.2, 0.25) is 0 Å². The molecule has 0 saturated heterocycles. The summed E-state index contributed by atoms with van der Waals surface area (Å²) in [7, 11) is 0. The number of rotatable bonds is 4. The van der Waals surface area contributed by atoms with Crippen molar-refractivity contribution < 1.29 is 14.4 Å². The van der Waals surface area contributed by atoms with Crippen LogP contribution < -0.4 is 11.2 Å². The van der Waals surface area contributed by atoms with Gasteiger partial charge in [-0.1, -0.05) is 25.7 Å². The first-order valence-electron chi connectivity index (χ1n) is 7.15. The van der Waals surface area contributed by atoms with Gasteiger partial charge in [0.15, 0.2) is 0 Å². The number of hydrogen-bond acceptors (Lipinski definition) is 4. The molecule has 112 valence electrons. The highest BCUT2D eigenvalue weighted by Crippen LogP contribution is 2.34. The zero-order chi connectivity index (χ0) is 14.4. The molecule has 1 aliphatic rings. The SMILES string of the molecule is CC(C)(C)OC(=O)NCC1(CON)CCCCCC1. The van der Waals surface area contributed by atoms with Crippen LogP contribution in [0.2, 0.25) is 0 Å². The average Bonchev–Trinajstić information content (AvgIpc) is 2.51. The van der Waals surface area contributed by atoms with Gasteiger partial charge in [-0.25, -0.2) is 10.7 Å². The highest BCUT2D eigenvalue weighted by Gasteiger charge is 2.32. The molecule has 1 amide bonds. The molecular formula is C14H28N2O3. The highest BCUT2D eigenvalue weighted by atomic mass is 16.6. The van der Waals surface area contributed by atoms with Gasteiger partial charge in [-0.3, -0.25) is 0 Å². The maximum absolute atomic E-state index is 11.7. The van der Waals surface area contributed by atoms with Crippen LogP contribution in [0, 0.1) is 5.41 Å². The first kappa shape index (κ1) is 16.2. The van der Waals surface area contributed by atoms with Crippen LogP contribution in [0.1, 0.15) is 59.3 Å². The standard InChI is InChI=1S/C14H28N2O3/c1-13(2,3)19-12(17)16-10-14(11-18-15)8-6-4-5-7-9-14/h4-11,15H2,1-3H3,(H,16,17). The van der Waals surface area contributed by atoms with Gasteiger partial charge in [-0.2, -0.15) is 0 Å². The molecule has 0 atom stereocenters. The summed E-state index contributed by atoms with van der Waals surface area (Å²) in [4.78, 5) is 16.6. The minimum absolute atomic E-state index is 0.0395. The van der Waals surface area contributed by atoms with Crippen LogP contribution in [0.5, 0.6) is 0 Å². The fourth-order valence-electron chi connectivity index (χ4n) is 2.60. The Kier molecular flexibility index (Phi) is 6.07. The van der Waals surface area contributed by atoms with Crippen LogP contribution in [-0.4, -0.2) is 24.8 Å². The van der Waals surface area contributed by atoms with E-state index in [1.165, 1.54) is 25.7 Å². The minimum Gasteiger partial charge on any atom is -0.444 e. The topological polar surface area (TPSA) is 73.6 Å². The lowest BCUT2D eigenvalue weighted by molar-refractivity contribution is 0.0235. The number of carbonyl (C=O) groups excluding carboxylic acids is 1. The Morgan fingerprint density at radius 3 is 2.26 bits per heavy atom. The number of amides is 1. The molecule has 1 saturated carbocycles. The van der Waals surface area contributed by atoms with Crippen LogP contribution in [-0.2, 0) is 9.57 Å². The molecule has 1 rings (SSSR count). The van der Waals surface area contributed by atoms with Crippen LogP contribution in [0.3, 0.4) is 0 Å². The summed E-state index contributed by atoms with van der Waals surface area (Å²) in [6.45, 7) is 6.63. The maximum Gasteiger partial charge on any atom is 0.407 e. The first-order chi connectivity index (χ1) is 8.87. The molecule has 0 spiro atoms. The number of hydrogen-bond donors (Lipinski definition) is 2. The van der Waals surface area contributed by atoms with Crippen molar-refractivity contribution in [2.24, 2.45) is 11.3 Å². The number of nitrogens with two attached hydrogens (primary N) is 1. The van der Waals surface area contributed by atoms with Crippen molar-refractivity contribution in [1.82, 2.24) is 5.32 Å². The van der Waals surface area contributed by atoms with E-state index in [-0.39, 0.29) is 11.5 Å². The van der Waals surface area contributed by atoms with E-state index in [0.717, 1.165) is 12.8 Å². The van der Waals surface area contributed by atoms with E-state index in [2.05, 4.69) is 5.32 Å². The highest BCUT2D eigenvalue weighted by molar-refractivity contribution is 5.67. The normalized spacial score (nSPS) is 19.6. The lowest BCUT2D eigenvalue weighted by Crippen LogP contribution is -2.43. The number of alkyl carbamates (subject to hydrolysis) is 1. The zero-order valence-corrected chi connectivity index (χ0v) is 12.5. The van der Waals surface area contributed by atoms with Crippen molar-refractivity contribution in [3.05, 3.63) is 0 Å². The third-order valence-electron chi connectivity index (χ3n) is 3.56. The first-order valence-corrected chi connectivity index (χ1v) is 7.15. The Morgan fingerprint density at radius 2 is 1.79 bits per heavy atom. The molecule has 0 radical (unpaired) electrons. The van der Waals surface area contributed by atoms with E-state index in [4.69, 9.17) is 15.5 Å². The molecule has 0 aromatic carbocycles. The van der Waals surface area contributed by atoms with Crippen LogP contribution in [0.4, 0.5) is 4.79 Å². The van der Waals surface area contributed by atoms with E-state index >= 15 is 0 Å². The lowest BCUT2D eigenvalue weighted by atomic mass is 9.81. The van der Waals surface area contributed by atoms with Gasteiger partial charge in [0.25, 0.3) is 0 Å². The monoisotopic (exact) mass is 272 g/mol. The zero-order valence-electron chi connectivity index (χ0n) is 12.5. The molecule has 19 heavy (non-hydrogen) atoms. The molecule has 5 heteroatoms. The molecule has 5 nitrogen and oxygen atoms in total. The van der Waals surface area contributed by atoms with Crippen molar-refractivity contribution in [3.8, 4) is 0 Å². The smallest absolute Gasteiger partial charge is 0.407 e. The third kappa shape index (κ3) is 6.25. The Morgan fingerprint density at radius 1 is 1.21 bits per heavy atom. The number of ether oxygens (including phenoxy) is 1. The average molecular weight is 272 g/mol. The summed E-state index contributed by atoms with van der Waals surface area (Å²) in [5.41, 5.74) is -0.507. The number of nitrogens with one attached hydrogen (secondary N) is 1. The van der Waals surface area contributed by atoms with Crippen LogP contribution in [0.25, 0.3) is 0 Å². The molecule has 1 fully saturated rings. The van der Waals surface area contributed by atoms with Crippen molar-refractivity contribution in [2.45, 2.75) is 64.9 Å². The van der Waals surface area contributed by atoms with Gasteiger partial charge in [0.05, 0.1) is 6.61 Å². The summed E-state index contributed by atoms with van der Waals surface area (Å²) in [5, 5.41) is 2.87. The summed E-state index contributed by atoms with van der Waals surface area (Å²) in [6.07, 6.45) is 6.55. The molecule has 0 heterocycles. The predicted octanol–water partition coefficient (Wildman–Crippen LogP) is 2.74. The van der Waals surface area contributed by atoms with Gasteiger partial charge in [0, 0.05) is 12.0 Å². The van der Waals surface area contributed by atoms with Crippen molar-refractivity contribution in [1.29, 1.82) is 0 Å². The summed E-state index contributed by atoms with van der Waals surface area (Å²) >= 11 is 0. The molecule has 1 aliphatic carbocycles. The second-order valence-electron chi connectivity index (χ2n) is 6.58. The lowest BCUT2D eigenvalue weighted by Gasteiger charge is -2.32. The van der Waals surface area contributed by atoms with E-state index < -0.39 is 5.60 Å². The number of carbonyl (C=O) groups is 1. The fourth-order valence-corrected chi connectivity index (χ4v) is 2.60. The Balaban J connectivity index is 2.51. The predicted molar refractivity (Wildman–Crippen MR) is 74.5 cm³/mol. The van der Waals surface area contributed by atoms with Gasteiger partial charge in [-0.15, -0.1) is 0 Å². The van der Waals surface area contributed by atoms with Crippen LogP contribution >= 0.6 is 0 Å². The van der Waals surface area contributed by atoms with Crippen molar-refractivity contribution in [3.63, 3.8) is 0 Å². The maximum atomic E-state index is 11.7. The third-order valence-corrected chi connectivity index (χ3v) is 3.56. The van der Waals surface area contributed by atoms with Gasteiger partial charge in [0.1, 0.15) is 5.60 Å². The summed E-state index contributed by atoms with van der Waals surface area (Å²) < 4.78 is 5.26. The molecule has 3 N–H and O–H groups in total. The Hall–Kier alpha value is -0.810. The Bertz CT molecular complexity index is 279. The molecule has 0 aromatic rings. The molecular weight excluding hydrogens is 244 g/mol. The van der Waals surface area contributed by atoms with Gasteiger partial charge >= 0.3 is 6.09 Å². The van der Waals surface area contributed by atoms with Gasteiger partial charge < -0.3 is 14.9 Å². The van der Waals surface area contributed by atoms with E-state index in [1.807, 2.05) is 20.8 Å². The minimum atomic E-state index is -0.467. The molecule has 0 bridgehead atoms. The van der Waals surface area contributed by atoms with E-state index in [0.29, 0.717) is 13.2 Å². The van der Waals surface area contributed by atoms with E-state index in [1.54, 1.807) is 0 Å². The second-order valence-corrected chi connectivity index (χ2v) is 6.58. The molecule has 0 aromatic heterocycles. The van der Waals surface area contributed by atoms with E-state index in [9.17, 15) is 4.79 Å². The van der Waals surface area contributed by atoms with Crippen LogP contribution in [0.15, 0.2) is 0 Å². The fraction of sp³-hybridized carbons (Fsp3) is 0.929. The molecule has 0 aliphatic heterocycles.